The van der Waals surface area contributed by atoms with Crippen LogP contribution in [0.1, 0.15) is 41.8 Å². The van der Waals surface area contributed by atoms with Crippen LogP contribution in [0.4, 0.5) is 22.4 Å². The van der Waals surface area contributed by atoms with Crippen LogP contribution < -0.4 is 5.32 Å². The summed E-state index contributed by atoms with van der Waals surface area (Å²) in [5.41, 5.74) is -1.19. The van der Waals surface area contributed by atoms with Crippen molar-refractivity contribution in [3.05, 3.63) is 136 Å². The summed E-state index contributed by atoms with van der Waals surface area (Å²) in [6.07, 6.45) is -3.48. The molecule has 0 bridgehead atoms. The monoisotopic (exact) mass is 569 g/mol. The third-order valence-electron chi connectivity index (χ3n) is 6.59. The zero-order chi connectivity index (χ0) is 28.9. The topological polar surface area (TPSA) is 45.2 Å². The van der Waals surface area contributed by atoms with Gasteiger partial charge in [0.2, 0.25) is 0 Å². The second-order valence-corrected chi connectivity index (χ2v) is 10.2. The largest absolute Gasteiger partial charge is 0.416 e. The number of urea groups is 1. The highest BCUT2D eigenvalue weighted by atomic mass is 35.5. The highest BCUT2D eigenvalue weighted by molar-refractivity contribution is 6.30. The maximum absolute atomic E-state index is 14.9. The van der Waals surface area contributed by atoms with Crippen LogP contribution in [0.5, 0.6) is 0 Å². The molecule has 0 aliphatic rings. The Kier molecular flexibility index (Phi) is 8.79. The Morgan fingerprint density at radius 2 is 1.50 bits per heavy atom. The number of amides is 2. The molecule has 1 N–H and O–H groups in total. The second kappa shape index (κ2) is 12.1. The number of hydrogen-bond donors (Lipinski definition) is 1. The molecule has 0 fully saturated rings. The van der Waals surface area contributed by atoms with Crippen LogP contribution >= 0.6 is 11.6 Å². The van der Waals surface area contributed by atoms with Crippen molar-refractivity contribution in [2.24, 2.45) is 0 Å². The maximum atomic E-state index is 14.9. The predicted molar refractivity (Wildman–Crippen MR) is 147 cm³/mol. The number of hydrogen-bond acceptors (Lipinski definition) is 2. The van der Waals surface area contributed by atoms with Gasteiger partial charge in [-0.1, -0.05) is 72.3 Å². The van der Waals surface area contributed by atoms with Gasteiger partial charge < -0.3 is 10.2 Å². The van der Waals surface area contributed by atoms with Crippen LogP contribution in [0, 0.1) is 5.82 Å². The zero-order valence-electron chi connectivity index (χ0n) is 21.9. The van der Waals surface area contributed by atoms with E-state index in [9.17, 15) is 22.4 Å². The molecule has 4 aromatic rings. The van der Waals surface area contributed by atoms with Crippen LogP contribution in [0.2, 0.25) is 5.02 Å². The number of pyridine rings is 1. The van der Waals surface area contributed by atoms with Crippen molar-refractivity contribution in [1.29, 1.82) is 0 Å². The lowest BCUT2D eigenvalue weighted by atomic mass is 9.79. The minimum absolute atomic E-state index is 0.00770. The van der Waals surface area contributed by atoms with E-state index in [1.807, 2.05) is 44.2 Å². The molecule has 1 atom stereocenters. The van der Waals surface area contributed by atoms with E-state index in [2.05, 4.69) is 10.3 Å². The number of aromatic nitrogens is 1. The Labute approximate surface area is 235 Å². The SMILES string of the molecule is CC(C)N(Cc1ccccc1)C(=O)N[C@@](Cc1ccccc1)(c1cc(F)cc(C(F)(F)F)c1)c1ccc(Cl)cn1. The van der Waals surface area contributed by atoms with Crippen molar-refractivity contribution in [3.63, 3.8) is 0 Å². The molecule has 3 aromatic carbocycles. The predicted octanol–water partition coefficient (Wildman–Crippen LogP) is 8.00. The van der Waals surface area contributed by atoms with E-state index in [1.54, 1.807) is 35.2 Å². The molecule has 0 saturated carbocycles. The quantitative estimate of drug-likeness (QED) is 0.219. The molecule has 4 nitrogen and oxygen atoms in total. The van der Waals surface area contributed by atoms with E-state index < -0.39 is 29.1 Å². The Hall–Kier alpha value is -3.91. The molecule has 0 saturated heterocycles. The van der Waals surface area contributed by atoms with Crippen molar-refractivity contribution in [2.45, 2.75) is 44.6 Å². The first-order valence-corrected chi connectivity index (χ1v) is 13.0. The molecule has 1 heterocycles. The second-order valence-electron chi connectivity index (χ2n) is 9.79. The standard InChI is InChI=1S/C31H28ClF4N3O/c1-21(2)39(20-23-11-7-4-8-12-23)29(40)38-30(18-22-9-5-3-6-10-22,28-14-13-26(32)19-37-28)24-15-25(31(34,35)36)17-27(33)16-24/h3-17,19,21H,18,20H2,1-2H3,(H,38,40)/t30-/m0/s1. The Morgan fingerprint density at radius 1 is 0.900 bits per heavy atom. The Balaban J connectivity index is 1.92. The third-order valence-corrected chi connectivity index (χ3v) is 6.82. The van der Waals surface area contributed by atoms with Crippen LogP contribution in [0.25, 0.3) is 0 Å². The van der Waals surface area contributed by atoms with Crippen LogP contribution in [-0.2, 0) is 24.7 Å². The minimum Gasteiger partial charge on any atom is -0.322 e. The van der Waals surface area contributed by atoms with Crippen molar-refractivity contribution < 1.29 is 22.4 Å². The van der Waals surface area contributed by atoms with E-state index >= 15 is 0 Å². The summed E-state index contributed by atoms with van der Waals surface area (Å²) in [4.78, 5) is 20.0. The number of nitrogens with zero attached hydrogens (tertiary/aromatic N) is 2. The first-order valence-electron chi connectivity index (χ1n) is 12.6. The number of carbonyl (C=O) groups is 1. The summed E-state index contributed by atoms with van der Waals surface area (Å²) < 4.78 is 56.4. The van der Waals surface area contributed by atoms with E-state index in [-0.39, 0.29) is 30.3 Å². The lowest BCUT2D eigenvalue weighted by molar-refractivity contribution is -0.137. The minimum atomic E-state index is -4.82. The van der Waals surface area contributed by atoms with Crippen LogP contribution in [-0.4, -0.2) is 22.0 Å². The summed E-state index contributed by atoms with van der Waals surface area (Å²) >= 11 is 6.10. The van der Waals surface area contributed by atoms with Gasteiger partial charge in [-0.3, -0.25) is 4.98 Å². The number of alkyl halides is 3. The molecule has 1 aromatic heterocycles. The number of carbonyl (C=O) groups excluding carboxylic acids is 1. The Morgan fingerprint density at radius 3 is 2.05 bits per heavy atom. The van der Waals surface area contributed by atoms with Gasteiger partial charge in [-0.15, -0.1) is 0 Å². The van der Waals surface area contributed by atoms with E-state index in [0.29, 0.717) is 16.7 Å². The van der Waals surface area contributed by atoms with Gasteiger partial charge >= 0.3 is 12.2 Å². The molecule has 9 heteroatoms. The average molecular weight is 570 g/mol. The van der Waals surface area contributed by atoms with Gasteiger partial charge in [-0.25, -0.2) is 9.18 Å². The Bertz CT molecular complexity index is 1430. The van der Waals surface area contributed by atoms with Gasteiger partial charge in [0.1, 0.15) is 11.4 Å². The average Bonchev–Trinajstić information content (AvgIpc) is 2.92. The van der Waals surface area contributed by atoms with Gasteiger partial charge in [0.15, 0.2) is 0 Å². The fourth-order valence-electron chi connectivity index (χ4n) is 4.57. The first kappa shape index (κ1) is 29.1. The van der Waals surface area contributed by atoms with Crippen molar-refractivity contribution in [1.82, 2.24) is 15.2 Å². The third kappa shape index (κ3) is 6.80. The molecule has 0 unspecified atom stereocenters. The highest BCUT2D eigenvalue weighted by Crippen LogP contribution is 2.38. The van der Waals surface area contributed by atoms with Crippen molar-refractivity contribution in [2.75, 3.05) is 0 Å². The van der Waals surface area contributed by atoms with Crippen LogP contribution in [0.15, 0.2) is 97.2 Å². The van der Waals surface area contributed by atoms with Gasteiger partial charge in [-0.05, 0) is 60.9 Å². The van der Waals surface area contributed by atoms with E-state index in [4.69, 9.17) is 11.6 Å². The van der Waals surface area contributed by atoms with Gasteiger partial charge in [-0.2, -0.15) is 13.2 Å². The molecule has 0 aliphatic carbocycles. The highest BCUT2D eigenvalue weighted by Gasteiger charge is 2.42. The number of benzene rings is 3. The van der Waals surface area contributed by atoms with Gasteiger partial charge in [0, 0.05) is 25.2 Å². The summed E-state index contributed by atoms with van der Waals surface area (Å²) in [7, 11) is 0. The molecule has 0 aliphatic heterocycles. The van der Waals surface area contributed by atoms with Gasteiger partial charge in [0.25, 0.3) is 0 Å². The molecule has 0 radical (unpaired) electrons. The summed E-state index contributed by atoms with van der Waals surface area (Å²) in [6.45, 7) is 3.93. The molecule has 0 spiro atoms. The molecule has 40 heavy (non-hydrogen) atoms. The number of nitrogens with one attached hydrogen (secondary N) is 1. The van der Waals surface area contributed by atoms with Crippen LogP contribution in [0.3, 0.4) is 0 Å². The molecule has 4 rings (SSSR count). The van der Waals surface area contributed by atoms with Crippen molar-refractivity contribution >= 4 is 17.6 Å². The van der Waals surface area contributed by atoms with Gasteiger partial charge in [0.05, 0.1) is 16.3 Å². The van der Waals surface area contributed by atoms with E-state index in [0.717, 1.165) is 17.7 Å². The summed E-state index contributed by atoms with van der Waals surface area (Å²) in [6, 6.07) is 22.8. The molecular formula is C31H28ClF4N3O. The molecule has 208 valence electrons. The maximum Gasteiger partial charge on any atom is 0.416 e. The zero-order valence-corrected chi connectivity index (χ0v) is 22.7. The smallest absolute Gasteiger partial charge is 0.322 e. The van der Waals surface area contributed by atoms with E-state index in [1.165, 1.54) is 18.3 Å². The lowest BCUT2D eigenvalue weighted by Gasteiger charge is -2.38. The first-order chi connectivity index (χ1) is 19.0. The molecule has 2 amide bonds. The summed E-state index contributed by atoms with van der Waals surface area (Å²) in [5, 5.41) is 3.28. The van der Waals surface area contributed by atoms with Crippen molar-refractivity contribution in [3.8, 4) is 0 Å². The normalized spacial score (nSPS) is 13.1. The number of halogens is 5. The fraction of sp³-hybridized carbons (Fsp3) is 0.226. The number of rotatable bonds is 8. The lowest BCUT2D eigenvalue weighted by Crippen LogP contribution is -2.55. The molecular weight excluding hydrogens is 542 g/mol. The summed E-state index contributed by atoms with van der Waals surface area (Å²) in [5.74, 6) is -1.09. The fourth-order valence-corrected chi connectivity index (χ4v) is 4.69.